The van der Waals surface area contributed by atoms with E-state index in [2.05, 4.69) is 5.32 Å². The highest BCUT2D eigenvalue weighted by Gasteiger charge is 2.27. The van der Waals surface area contributed by atoms with Crippen molar-refractivity contribution in [1.82, 2.24) is 5.32 Å². The van der Waals surface area contributed by atoms with Crippen molar-refractivity contribution in [1.29, 1.82) is 0 Å². The highest BCUT2D eigenvalue weighted by atomic mass is 32.2. The summed E-state index contributed by atoms with van der Waals surface area (Å²) in [6.07, 6.45) is 3.54. The Balaban J connectivity index is 1.87. The van der Waals surface area contributed by atoms with E-state index in [9.17, 15) is 17.6 Å². The van der Waals surface area contributed by atoms with E-state index >= 15 is 0 Å². The maximum absolute atomic E-state index is 13.3. The van der Waals surface area contributed by atoms with Crippen LogP contribution in [0.25, 0.3) is 0 Å². The number of ether oxygens (including phenoxy) is 1. The average molecular weight is 386 g/mol. The summed E-state index contributed by atoms with van der Waals surface area (Å²) >= 11 is 0. The fourth-order valence-electron chi connectivity index (χ4n) is 3.26. The zero-order chi connectivity index (χ0) is 19.4. The molecule has 1 aliphatic carbocycles. The molecular formula is C19H28FNO4S. The number of nitrogens with one attached hydrogen (secondary N) is 1. The van der Waals surface area contributed by atoms with Gasteiger partial charge in [0.05, 0.1) is 10.6 Å². The van der Waals surface area contributed by atoms with Crippen LogP contribution in [0.15, 0.2) is 29.2 Å². The summed E-state index contributed by atoms with van der Waals surface area (Å²) in [6.45, 7) is 5.44. The maximum atomic E-state index is 13.3. The van der Waals surface area contributed by atoms with E-state index in [1.807, 2.05) is 20.8 Å². The smallest absolute Gasteiger partial charge is 0.407 e. The van der Waals surface area contributed by atoms with Crippen LogP contribution in [0, 0.1) is 11.7 Å². The Kier molecular flexibility index (Phi) is 6.66. The van der Waals surface area contributed by atoms with Gasteiger partial charge in [-0.25, -0.2) is 17.6 Å². The van der Waals surface area contributed by atoms with E-state index in [0.717, 1.165) is 31.7 Å². The van der Waals surface area contributed by atoms with E-state index in [4.69, 9.17) is 4.74 Å². The van der Waals surface area contributed by atoms with Gasteiger partial charge in [0.15, 0.2) is 9.84 Å². The minimum atomic E-state index is -3.50. The molecule has 5 nitrogen and oxygen atoms in total. The number of benzene rings is 1. The first kappa shape index (κ1) is 20.7. The summed E-state index contributed by atoms with van der Waals surface area (Å²) < 4.78 is 43.3. The third kappa shape index (κ3) is 6.59. The fourth-order valence-corrected chi connectivity index (χ4v) is 4.72. The molecule has 0 radical (unpaired) electrons. The summed E-state index contributed by atoms with van der Waals surface area (Å²) in [6, 6.07) is 5.12. The molecule has 26 heavy (non-hydrogen) atoms. The number of halogens is 1. The first-order valence-corrected chi connectivity index (χ1v) is 10.7. The van der Waals surface area contributed by atoms with Crippen molar-refractivity contribution in [3.8, 4) is 0 Å². The van der Waals surface area contributed by atoms with Gasteiger partial charge in [-0.05, 0) is 64.2 Å². The molecule has 0 bridgehead atoms. The van der Waals surface area contributed by atoms with Gasteiger partial charge < -0.3 is 10.1 Å². The monoisotopic (exact) mass is 385 g/mol. The van der Waals surface area contributed by atoms with Crippen molar-refractivity contribution in [2.75, 3.05) is 5.75 Å². The number of hydrogen-bond donors (Lipinski definition) is 1. The molecular weight excluding hydrogens is 357 g/mol. The van der Waals surface area contributed by atoms with Gasteiger partial charge in [-0.3, -0.25) is 0 Å². The quantitative estimate of drug-likeness (QED) is 0.829. The van der Waals surface area contributed by atoms with Crippen molar-refractivity contribution in [3.63, 3.8) is 0 Å². The number of rotatable bonds is 5. The summed E-state index contributed by atoms with van der Waals surface area (Å²) in [4.78, 5) is 11.9. The lowest BCUT2D eigenvalue weighted by atomic mass is 9.84. The second-order valence-electron chi connectivity index (χ2n) is 7.94. The molecule has 0 aliphatic heterocycles. The number of hydrogen-bond acceptors (Lipinski definition) is 4. The minimum Gasteiger partial charge on any atom is -0.444 e. The van der Waals surface area contributed by atoms with Gasteiger partial charge in [-0.2, -0.15) is 0 Å². The number of alkyl carbamates (subject to hydrolysis) is 1. The van der Waals surface area contributed by atoms with Crippen LogP contribution in [0.5, 0.6) is 0 Å². The molecule has 1 aliphatic rings. The van der Waals surface area contributed by atoms with E-state index in [1.165, 1.54) is 18.2 Å². The van der Waals surface area contributed by atoms with Crippen LogP contribution in [0.3, 0.4) is 0 Å². The second-order valence-corrected chi connectivity index (χ2v) is 10.0. The normalized spacial score (nSPS) is 21.2. The zero-order valence-corrected chi connectivity index (χ0v) is 16.4. The third-order valence-electron chi connectivity index (χ3n) is 4.45. The Morgan fingerprint density at radius 1 is 1.31 bits per heavy atom. The van der Waals surface area contributed by atoms with Crippen molar-refractivity contribution in [3.05, 3.63) is 30.1 Å². The number of amides is 1. The van der Waals surface area contributed by atoms with E-state index in [1.54, 1.807) is 0 Å². The van der Waals surface area contributed by atoms with Crippen LogP contribution in [0.1, 0.15) is 52.9 Å². The van der Waals surface area contributed by atoms with E-state index in [0.29, 0.717) is 6.42 Å². The second kappa shape index (κ2) is 8.37. The molecule has 0 unspecified atom stereocenters. The third-order valence-corrected chi connectivity index (χ3v) is 6.20. The molecule has 1 fully saturated rings. The van der Waals surface area contributed by atoms with Crippen LogP contribution in [-0.4, -0.2) is 31.9 Å². The Morgan fingerprint density at radius 3 is 2.69 bits per heavy atom. The summed E-state index contributed by atoms with van der Waals surface area (Å²) in [7, 11) is -3.50. The molecule has 2 rings (SSSR count). The van der Waals surface area contributed by atoms with Crippen LogP contribution in [0.2, 0.25) is 0 Å². The van der Waals surface area contributed by atoms with Crippen molar-refractivity contribution < 1.29 is 22.3 Å². The molecule has 1 N–H and O–H groups in total. The molecule has 0 aromatic heterocycles. The average Bonchev–Trinajstić information content (AvgIpc) is 2.51. The Morgan fingerprint density at radius 2 is 2.04 bits per heavy atom. The van der Waals surface area contributed by atoms with Gasteiger partial charge in [0.1, 0.15) is 11.4 Å². The lowest BCUT2D eigenvalue weighted by molar-refractivity contribution is 0.0484. The van der Waals surface area contributed by atoms with Crippen LogP contribution >= 0.6 is 0 Å². The molecule has 2 atom stereocenters. The minimum absolute atomic E-state index is 0.000439. The summed E-state index contributed by atoms with van der Waals surface area (Å²) in [5.74, 6) is -0.349. The van der Waals surface area contributed by atoms with E-state index in [-0.39, 0.29) is 22.6 Å². The maximum Gasteiger partial charge on any atom is 0.407 e. The van der Waals surface area contributed by atoms with Crippen molar-refractivity contribution in [2.45, 2.75) is 69.4 Å². The first-order valence-electron chi connectivity index (χ1n) is 9.03. The fraction of sp³-hybridized carbons (Fsp3) is 0.632. The van der Waals surface area contributed by atoms with E-state index < -0.39 is 27.3 Å². The highest BCUT2D eigenvalue weighted by molar-refractivity contribution is 7.91. The number of carbonyl (C=O) groups is 1. The molecule has 146 valence electrons. The lowest BCUT2D eigenvalue weighted by Gasteiger charge is -2.30. The Hall–Kier alpha value is -1.63. The summed E-state index contributed by atoms with van der Waals surface area (Å²) in [5, 5.41) is 2.88. The molecule has 0 heterocycles. The molecule has 1 aromatic carbocycles. The predicted octanol–water partition coefficient (Wildman–Crippen LogP) is 4.07. The van der Waals surface area contributed by atoms with Crippen LogP contribution in [0.4, 0.5) is 9.18 Å². The van der Waals surface area contributed by atoms with Gasteiger partial charge in [-0.1, -0.05) is 18.9 Å². The van der Waals surface area contributed by atoms with Crippen LogP contribution < -0.4 is 5.32 Å². The van der Waals surface area contributed by atoms with Gasteiger partial charge in [0, 0.05) is 6.04 Å². The highest BCUT2D eigenvalue weighted by Crippen LogP contribution is 2.28. The number of carbonyl (C=O) groups excluding carboxylic acids is 1. The van der Waals surface area contributed by atoms with Crippen molar-refractivity contribution in [2.24, 2.45) is 5.92 Å². The Labute approximate surface area is 155 Å². The molecule has 7 heteroatoms. The Bertz CT molecular complexity index is 727. The lowest BCUT2D eigenvalue weighted by Crippen LogP contribution is -2.41. The zero-order valence-electron chi connectivity index (χ0n) is 15.6. The van der Waals surface area contributed by atoms with Gasteiger partial charge >= 0.3 is 6.09 Å². The molecule has 0 spiro atoms. The molecule has 1 saturated carbocycles. The molecule has 1 aromatic rings. The largest absolute Gasteiger partial charge is 0.444 e. The standard InChI is InChI=1S/C19H28FNO4S/c1-19(2,3)25-18(22)21-16-8-4-6-14(12-16)10-11-26(23,24)17-9-5-7-15(20)13-17/h5,7,9,13-14,16H,4,6,8,10-12H2,1-3H3,(H,21,22)/t14-,16-/m0/s1. The van der Waals surface area contributed by atoms with Crippen molar-refractivity contribution >= 4 is 15.9 Å². The number of sulfone groups is 1. The van der Waals surface area contributed by atoms with Gasteiger partial charge in [0.2, 0.25) is 0 Å². The van der Waals surface area contributed by atoms with Gasteiger partial charge in [-0.15, -0.1) is 0 Å². The molecule has 0 saturated heterocycles. The topological polar surface area (TPSA) is 72.5 Å². The molecule has 1 amide bonds. The first-order chi connectivity index (χ1) is 12.0. The predicted molar refractivity (Wildman–Crippen MR) is 98.2 cm³/mol. The summed E-state index contributed by atoms with van der Waals surface area (Å²) in [5.41, 5.74) is -0.544. The van der Waals surface area contributed by atoms with Crippen LogP contribution in [-0.2, 0) is 14.6 Å². The van der Waals surface area contributed by atoms with Gasteiger partial charge in [0.25, 0.3) is 0 Å². The SMILES string of the molecule is CC(C)(C)OC(=O)N[C@H]1CCC[C@@H](CCS(=O)(=O)c2cccc(F)c2)C1.